The number of nitrogens with zero attached hydrogens (tertiary/aromatic N) is 1. The molecule has 0 aromatic carbocycles. The molecule has 3 atom stereocenters. The summed E-state index contributed by atoms with van der Waals surface area (Å²) in [4.78, 5) is 12.9. The Kier molecular flexibility index (Phi) is 1.81. The molecule has 2 aliphatic rings. The summed E-state index contributed by atoms with van der Waals surface area (Å²) in [6.45, 7) is 0.775. The molecule has 1 amide bonds. The maximum Gasteiger partial charge on any atom is 0.225 e. The highest BCUT2D eigenvalue weighted by Crippen LogP contribution is 2.33. The highest BCUT2D eigenvalue weighted by Gasteiger charge is 2.46. The van der Waals surface area contributed by atoms with Crippen molar-refractivity contribution in [2.45, 2.75) is 25.0 Å². The van der Waals surface area contributed by atoms with Crippen LogP contribution in [0.4, 0.5) is 0 Å². The van der Waals surface area contributed by atoms with Crippen LogP contribution in [-0.2, 0) is 4.79 Å². The summed E-state index contributed by atoms with van der Waals surface area (Å²) in [5, 5.41) is 18.5. The Morgan fingerprint density at radius 3 is 3.00 bits per heavy atom. The third kappa shape index (κ3) is 0.949. The molecule has 0 radical (unpaired) electrons. The summed E-state index contributed by atoms with van der Waals surface area (Å²) in [7, 11) is 0. The molecule has 4 nitrogen and oxygen atoms in total. The van der Waals surface area contributed by atoms with Crippen molar-refractivity contribution in [1.82, 2.24) is 4.90 Å². The van der Waals surface area contributed by atoms with Gasteiger partial charge in [0, 0.05) is 19.1 Å². The van der Waals surface area contributed by atoms with Gasteiger partial charge in [0.1, 0.15) is 0 Å². The summed E-state index contributed by atoms with van der Waals surface area (Å²) in [5.74, 6) is 0.120. The lowest BCUT2D eigenvalue weighted by atomic mass is 9.97. The molecule has 0 aliphatic carbocycles. The van der Waals surface area contributed by atoms with Gasteiger partial charge in [0.2, 0.25) is 5.91 Å². The largest absolute Gasteiger partial charge is 0.396 e. The third-order valence-electron chi connectivity index (χ3n) is 2.92. The number of hydrogen-bond acceptors (Lipinski definition) is 3. The van der Waals surface area contributed by atoms with Crippen LogP contribution in [0.2, 0.25) is 0 Å². The number of aliphatic hydroxyl groups is 2. The zero-order valence-electron chi connectivity index (χ0n) is 6.81. The second-order valence-electron chi connectivity index (χ2n) is 3.58. The molecule has 2 heterocycles. The van der Waals surface area contributed by atoms with Crippen LogP contribution in [-0.4, -0.2) is 46.3 Å². The van der Waals surface area contributed by atoms with E-state index in [4.69, 9.17) is 5.11 Å². The van der Waals surface area contributed by atoms with Crippen molar-refractivity contribution in [3.05, 3.63) is 0 Å². The van der Waals surface area contributed by atoms with E-state index in [0.29, 0.717) is 6.54 Å². The topological polar surface area (TPSA) is 60.8 Å². The lowest BCUT2D eigenvalue weighted by Gasteiger charge is -2.21. The first-order chi connectivity index (χ1) is 5.74. The van der Waals surface area contributed by atoms with Crippen LogP contribution < -0.4 is 0 Å². The van der Waals surface area contributed by atoms with Gasteiger partial charge in [-0.2, -0.15) is 0 Å². The van der Waals surface area contributed by atoms with Crippen LogP contribution in [0.15, 0.2) is 0 Å². The predicted molar refractivity (Wildman–Crippen MR) is 41.3 cm³/mol. The van der Waals surface area contributed by atoms with E-state index in [1.807, 2.05) is 0 Å². The van der Waals surface area contributed by atoms with Gasteiger partial charge in [-0.25, -0.2) is 0 Å². The molecular formula is C8H13NO3. The van der Waals surface area contributed by atoms with Crippen LogP contribution >= 0.6 is 0 Å². The molecule has 2 N–H and O–H groups in total. The first kappa shape index (κ1) is 8.01. The van der Waals surface area contributed by atoms with E-state index in [0.717, 1.165) is 6.42 Å². The normalized spacial score (nSPS) is 40.7. The molecule has 2 rings (SSSR count). The van der Waals surface area contributed by atoms with Crippen molar-refractivity contribution in [2.24, 2.45) is 5.92 Å². The van der Waals surface area contributed by atoms with Gasteiger partial charge in [0.15, 0.2) is 0 Å². The molecule has 68 valence electrons. The molecule has 2 fully saturated rings. The van der Waals surface area contributed by atoms with Gasteiger partial charge < -0.3 is 15.1 Å². The van der Waals surface area contributed by atoms with Crippen LogP contribution in [0.25, 0.3) is 0 Å². The number of carbonyl (C=O) groups is 1. The third-order valence-corrected chi connectivity index (χ3v) is 2.92. The van der Waals surface area contributed by atoms with Crippen molar-refractivity contribution in [2.75, 3.05) is 13.2 Å². The average Bonchev–Trinajstić information content (AvgIpc) is 2.55. The fourth-order valence-corrected chi connectivity index (χ4v) is 2.31. The van der Waals surface area contributed by atoms with E-state index in [9.17, 15) is 9.90 Å². The number of hydrogen-bond donors (Lipinski definition) is 2. The maximum atomic E-state index is 11.2. The minimum absolute atomic E-state index is 0.0310. The maximum absolute atomic E-state index is 11.2. The number of amides is 1. The highest BCUT2D eigenvalue weighted by atomic mass is 16.3. The predicted octanol–water partition coefficient (Wildman–Crippen LogP) is -1.04. The quantitative estimate of drug-likeness (QED) is 0.530. The van der Waals surface area contributed by atoms with E-state index < -0.39 is 6.10 Å². The Bertz CT molecular complexity index is 206. The van der Waals surface area contributed by atoms with Crippen molar-refractivity contribution >= 4 is 5.91 Å². The zero-order chi connectivity index (χ0) is 8.72. The molecule has 3 unspecified atom stereocenters. The van der Waals surface area contributed by atoms with Gasteiger partial charge in [-0.15, -0.1) is 0 Å². The molecule has 0 spiro atoms. The molecule has 0 aromatic rings. The first-order valence-electron chi connectivity index (χ1n) is 4.32. The van der Waals surface area contributed by atoms with Crippen molar-refractivity contribution in [3.63, 3.8) is 0 Å². The summed E-state index contributed by atoms with van der Waals surface area (Å²) < 4.78 is 0. The number of aliphatic hydroxyl groups excluding tert-OH is 2. The lowest BCUT2D eigenvalue weighted by molar-refractivity contribution is -0.128. The van der Waals surface area contributed by atoms with Crippen molar-refractivity contribution < 1.29 is 15.0 Å². The Morgan fingerprint density at radius 1 is 1.58 bits per heavy atom. The fourth-order valence-electron chi connectivity index (χ4n) is 2.31. The highest BCUT2D eigenvalue weighted by molar-refractivity contribution is 5.80. The minimum atomic E-state index is -0.558. The number of rotatable bonds is 1. The van der Waals surface area contributed by atoms with Gasteiger partial charge in [0.05, 0.1) is 18.6 Å². The lowest BCUT2D eigenvalue weighted by Crippen LogP contribution is -2.36. The van der Waals surface area contributed by atoms with E-state index in [1.165, 1.54) is 0 Å². The smallest absolute Gasteiger partial charge is 0.225 e. The second kappa shape index (κ2) is 2.71. The fraction of sp³-hybridized carbons (Fsp3) is 0.875. The van der Waals surface area contributed by atoms with Gasteiger partial charge in [-0.1, -0.05) is 0 Å². The van der Waals surface area contributed by atoms with E-state index in [1.54, 1.807) is 4.90 Å². The van der Waals surface area contributed by atoms with Gasteiger partial charge >= 0.3 is 0 Å². The van der Waals surface area contributed by atoms with Crippen LogP contribution in [0.5, 0.6) is 0 Å². The Hall–Kier alpha value is -0.610. The van der Waals surface area contributed by atoms with Crippen LogP contribution in [0.1, 0.15) is 12.8 Å². The van der Waals surface area contributed by atoms with Crippen LogP contribution in [0, 0.1) is 5.92 Å². The van der Waals surface area contributed by atoms with E-state index in [-0.39, 0.29) is 30.9 Å². The van der Waals surface area contributed by atoms with Gasteiger partial charge in [-0.3, -0.25) is 4.79 Å². The van der Waals surface area contributed by atoms with Gasteiger partial charge in [-0.05, 0) is 6.42 Å². The zero-order valence-corrected chi connectivity index (χ0v) is 6.81. The molecule has 0 bridgehead atoms. The van der Waals surface area contributed by atoms with Crippen molar-refractivity contribution in [3.8, 4) is 0 Å². The van der Waals surface area contributed by atoms with E-state index >= 15 is 0 Å². The Morgan fingerprint density at radius 2 is 2.33 bits per heavy atom. The Labute approximate surface area is 70.8 Å². The summed E-state index contributed by atoms with van der Waals surface area (Å²) in [6.07, 6.45) is 0.502. The Balaban J connectivity index is 2.17. The monoisotopic (exact) mass is 171 g/mol. The first-order valence-corrected chi connectivity index (χ1v) is 4.32. The molecular weight excluding hydrogens is 158 g/mol. The molecule has 2 saturated heterocycles. The number of fused-ring (bicyclic) bond motifs is 1. The van der Waals surface area contributed by atoms with Crippen molar-refractivity contribution in [1.29, 1.82) is 0 Å². The SMILES string of the molecule is O=C1CC(O)C2C(CO)CCN12. The summed E-state index contributed by atoms with van der Waals surface area (Å²) in [6, 6.07) is -0.109. The van der Waals surface area contributed by atoms with E-state index in [2.05, 4.69) is 0 Å². The van der Waals surface area contributed by atoms with Crippen LogP contribution in [0.3, 0.4) is 0 Å². The molecule has 4 heteroatoms. The van der Waals surface area contributed by atoms with Gasteiger partial charge in [0.25, 0.3) is 0 Å². The summed E-state index contributed by atoms with van der Waals surface area (Å²) >= 11 is 0. The average molecular weight is 171 g/mol. The molecule has 12 heavy (non-hydrogen) atoms. The standard InChI is InChI=1S/C8H13NO3/c10-4-5-1-2-9-7(12)3-6(11)8(5)9/h5-6,8,10-11H,1-4H2. The summed E-state index contributed by atoms with van der Waals surface area (Å²) in [5.41, 5.74) is 0. The second-order valence-corrected chi connectivity index (χ2v) is 3.58. The molecule has 2 aliphatic heterocycles. The minimum Gasteiger partial charge on any atom is -0.396 e. The number of carbonyl (C=O) groups excluding carboxylic acids is 1. The molecule has 0 saturated carbocycles. The molecule has 0 aromatic heterocycles.